The second kappa shape index (κ2) is 12.4. The molecule has 9 nitrogen and oxygen atoms in total. The molecule has 39 heavy (non-hydrogen) atoms. The highest BCUT2D eigenvalue weighted by molar-refractivity contribution is 7.94. The Morgan fingerprint density at radius 3 is 2.54 bits per heavy atom. The van der Waals surface area contributed by atoms with Crippen LogP contribution < -0.4 is 5.32 Å². The molecule has 1 N–H and O–H groups in total. The van der Waals surface area contributed by atoms with E-state index in [0.29, 0.717) is 34.3 Å². The van der Waals surface area contributed by atoms with Crippen molar-refractivity contribution in [3.05, 3.63) is 70.4 Å². The lowest BCUT2D eigenvalue weighted by Gasteiger charge is -2.25. The third-order valence-corrected chi connectivity index (χ3v) is 8.33. The van der Waals surface area contributed by atoms with Crippen molar-refractivity contribution in [3.63, 3.8) is 0 Å². The molecule has 0 bridgehead atoms. The molecule has 10 heteroatoms. The minimum atomic E-state index is -3.36. The van der Waals surface area contributed by atoms with Gasteiger partial charge < -0.3 is 9.88 Å². The number of fused-ring (bicyclic) bond motifs is 1. The third kappa shape index (κ3) is 6.80. The Kier molecular flexibility index (Phi) is 8.94. The molecule has 1 aliphatic rings. The van der Waals surface area contributed by atoms with Crippen LogP contribution in [0.3, 0.4) is 0 Å². The van der Waals surface area contributed by atoms with Gasteiger partial charge in [-0.3, -0.25) is 19.5 Å². The van der Waals surface area contributed by atoms with Gasteiger partial charge in [0.05, 0.1) is 46.9 Å². The smallest absolute Gasteiger partial charge is 0.224 e. The van der Waals surface area contributed by atoms with Crippen LogP contribution in [0.4, 0.5) is 0 Å². The summed E-state index contributed by atoms with van der Waals surface area (Å²) >= 11 is 0. The van der Waals surface area contributed by atoms with Gasteiger partial charge in [0.1, 0.15) is 0 Å². The molecular weight excluding hydrogens is 514 g/mol. The topological polar surface area (TPSA) is 125 Å². The van der Waals surface area contributed by atoms with Crippen molar-refractivity contribution < 1.29 is 18.0 Å². The van der Waals surface area contributed by atoms with Crippen molar-refractivity contribution in [3.8, 4) is 11.8 Å². The number of benzene rings is 1. The van der Waals surface area contributed by atoms with Crippen molar-refractivity contribution in [2.75, 3.05) is 31.9 Å². The number of carbonyl (C=O) groups excluding carboxylic acids is 2. The number of carbonyl (C=O) groups is 2. The van der Waals surface area contributed by atoms with Gasteiger partial charge in [-0.05, 0) is 75.7 Å². The minimum absolute atomic E-state index is 0.00660. The zero-order chi connectivity index (χ0) is 28.0. The monoisotopic (exact) mass is 547 g/mol. The fourth-order valence-corrected chi connectivity index (χ4v) is 5.96. The van der Waals surface area contributed by atoms with Crippen LogP contribution in [0.15, 0.2) is 48.0 Å². The number of pyridine rings is 1. The Morgan fingerprint density at radius 2 is 1.87 bits per heavy atom. The summed E-state index contributed by atoms with van der Waals surface area (Å²) in [4.78, 5) is 32.9. The lowest BCUT2D eigenvalue weighted by Crippen LogP contribution is -2.34. The van der Waals surface area contributed by atoms with Gasteiger partial charge in [-0.15, -0.1) is 0 Å². The minimum Gasteiger partial charge on any atom is -0.355 e. The highest BCUT2D eigenvalue weighted by Gasteiger charge is 2.25. The van der Waals surface area contributed by atoms with E-state index in [1.54, 1.807) is 25.3 Å². The summed E-state index contributed by atoms with van der Waals surface area (Å²) in [5.41, 5.74) is 4.52. The van der Waals surface area contributed by atoms with E-state index in [1.165, 1.54) is 12.5 Å². The van der Waals surface area contributed by atoms with Gasteiger partial charge in [0.2, 0.25) is 5.91 Å². The third-order valence-electron chi connectivity index (χ3n) is 6.87. The maximum Gasteiger partial charge on any atom is 0.224 e. The number of Topliss-reactive ketones (excluding diaryl/α,β-unsaturated/α-hetero) is 1. The zero-order valence-corrected chi connectivity index (χ0v) is 23.1. The molecule has 3 heterocycles. The molecule has 2 aromatic heterocycles. The van der Waals surface area contributed by atoms with E-state index < -0.39 is 9.84 Å². The number of sulfone groups is 1. The summed E-state index contributed by atoms with van der Waals surface area (Å²) in [6.45, 7) is 5.66. The van der Waals surface area contributed by atoms with Crippen molar-refractivity contribution in [2.24, 2.45) is 0 Å². The van der Waals surface area contributed by atoms with Crippen LogP contribution in [0.25, 0.3) is 16.7 Å². The van der Waals surface area contributed by atoms with Crippen LogP contribution in [-0.4, -0.2) is 66.5 Å². The first-order valence-corrected chi connectivity index (χ1v) is 14.8. The highest BCUT2D eigenvalue weighted by Crippen LogP contribution is 2.30. The largest absolute Gasteiger partial charge is 0.355 e. The molecule has 1 aliphatic heterocycles. The number of nitriles is 1. The normalized spacial score (nSPS) is 14.5. The van der Waals surface area contributed by atoms with E-state index in [4.69, 9.17) is 0 Å². The molecule has 0 unspecified atom stereocenters. The number of nitrogens with zero attached hydrogens (tertiary/aromatic N) is 4. The highest BCUT2D eigenvalue weighted by atomic mass is 32.2. The van der Waals surface area contributed by atoms with Crippen molar-refractivity contribution >= 4 is 32.6 Å². The average Bonchev–Trinajstić information content (AvgIpc) is 3.20. The Balaban J connectivity index is 1.65. The van der Waals surface area contributed by atoms with Crippen LogP contribution in [0, 0.1) is 18.3 Å². The first kappa shape index (κ1) is 28.2. The summed E-state index contributed by atoms with van der Waals surface area (Å²) in [5, 5.41) is 13.0. The number of hydrogen-bond donors (Lipinski definition) is 1. The molecule has 204 valence electrons. The molecule has 0 saturated carbocycles. The molecule has 0 spiro atoms. The van der Waals surface area contributed by atoms with E-state index in [1.807, 2.05) is 29.7 Å². The lowest BCUT2D eigenvalue weighted by atomic mass is 10.1. The standard InChI is InChI=1S/C29H33N5O4S/c1-3-14-39(37,38)15-11-31-27(36)17-23-16-25-29(32-19-23)28(26(35)20-33-12-5-4-6-13-33)21(2)34(25)24-9-7-22(18-30)8-10-24/h3,7-10,14,16,19H,4-6,11-13,15,17,20H2,1-2H3,(H,31,36)/b14-3+. The number of rotatable bonds is 10. The molecule has 0 atom stereocenters. The van der Waals surface area contributed by atoms with Gasteiger partial charge in [-0.25, -0.2) is 8.42 Å². The molecule has 4 rings (SSSR count). The summed E-state index contributed by atoms with van der Waals surface area (Å²) in [6, 6.07) is 11.1. The van der Waals surface area contributed by atoms with Crippen LogP contribution >= 0.6 is 0 Å². The number of nitrogens with one attached hydrogen (secondary N) is 1. The number of hydrogen-bond acceptors (Lipinski definition) is 7. The SMILES string of the molecule is C/C=C/S(=O)(=O)CCNC(=O)Cc1cnc2c(C(=O)CN3CCCCC3)c(C)n(-c3ccc(C#N)cc3)c2c1. The molecule has 3 aromatic rings. The molecule has 1 aromatic carbocycles. The van der Waals surface area contributed by atoms with E-state index >= 15 is 0 Å². The second-order valence-corrected chi connectivity index (χ2v) is 11.8. The van der Waals surface area contributed by atoms with Crippen molar-refractivity contribution in [1.29, 1.82) is 5.26 Å². The molecule has 0 aliphatic carbocycles. The summed E-state index contributed by atoms with van der Waals surface area (Å²) < 4.78 is 25.6. The molecular formula is C29H33N5O4S. The first-order valence-electron chi connectivity index (χ1n) is 13.1. The Hall–Kier alpha value is -3.81. The van der Waals surface area contributed by atoms with Gasteiger partial charge in [0.25, 0.3) is 0 Å². The number of amides is 1. The second-order valence-electron chi connectivity index (χ2n) is 9.79. The summed E-state index contributed by atoms with van der Waals surface area (Å²) in [7, 11) is -3.36. The van der Waals surface area contributed by atoms with E-state index in [9.17, 15) is 23.3 Å². The van der Waals surface area contributed by atoms with Crippen molar-refractivity contribution in [1.82, 2.24) is 19.8 Å². The molecule has 1 fully saturated rings. The molecule has 1 saturated heterocycles. The summed E-state index contributed by atoms with van der Waals surface area (Å²) in [5.74, 6) is -0.489. The predicted octanol–water partition coefficient (Wildman–Crippen LogP) is 3.48. The molecule has 1 amide bonds. The maximum atomic E-state index is 13.5. The fourth-order valence-electron chi connectivity index (χ4n) is 5.03. The van der Waals surface area contributed by atoms with Gasteiger partial charge >= 0.3 is 0 Å². The van der Waals surface area contributed by atoms with Crippen LogP contribution in [-0.2, 0) is 21.1 Å². The van der Waals surface area contributed by atoms with Gasteiger partial charge in [0, 0.05) is 29.5 Å². The van der Waals surface area contributed by atoms with Gasteiger partial charge in [-0.1, -0.05) is 12.5 Å². The predicted molar refractivity (Wildman–Crippen MR) is 150 cm³/mol. The number of allylic oxidation sites excluding steroid dienone is 1. The number of ketones is 1. The number of likely N-dealkylation sites (tertiary alicyclic amines) is 1. The lowest BCUT2D eigenvalue weighted by molar-refractivity contribution is -0.120. The fraction of sp³-hybridized carbons (Fsp3) is 0.379. The Labute approximate surface area is 229 Å². The van der Waals surface area contributed by atoms with E-state index in [0.717, 1.165) is 42.7 Å². The maximum absolute atomic E-state index is 13.5. The number of piperidine rings is 1. The van der Waals surface area contributed by atoms with Gasteiger partial charge in [0.15, 0.2) is 15.6 Å². The van der Waals surface area contributed by atoms with Gasteiger partial charge in [-0.2, -0.15) is 5.26 Å². The first-order chi connectivity index (χ1) is 18.7. The molecule has 0 radical (unpaired) electrons. The zero-order valence-electron chi connectivity index (χ0n) is 22.3. The van der Waals surface area contributed by atoms with Crippen LogP contribution in [0.1, 0.15) is 53.4 Å². The summed E-state index contributed by atoms with van der Waals surface area (Å²) in [6.07, 6.45) is 6.42. The number of aromatic nitrogens is 2. The van der Waals surface area contributed by atoms with E-state index in [2.05, 4.69) is 21.3 Å². The van der Waals surface area contributed by atoms with E-state index in [-0.39, 0.29) is 30.4 Å². The van der Waals surface area contributed by atoms with Crippen LogP contribution in [0.2, 0.25) is 0 Å². The van der Waals surface area contributed by atoms with Crippen LogP contribution in [0.5, 0.6) is 0 Å². The van der Waals surface area contributed by atoms with Crippen molar-refractivity contribution in [2.45, 2.75) is 39.5 Å². The Bertz CT molecular complexity index is 1540. The quantitative estimate of drug-likeness (QED) is 0.385. The average molecular weight is 548 g/mol. The Morgan fingerprint density at radius 1 is 1.15 bits per heavy atom.